The van der Waals surface area contributed by atoms with Gasteiger partial charge in [0.2, 0.25) is 7.28 Å². The average molecular weight is 176 g/mol. The van der Waals surface area contributed by atoms with Gasteiger partial charge in [-0.3, -0.25) is 4.99 Å². The van der Waals surface area contributed by atoms with E-state index in [1.165, 1.54) is 0 Å². The van der Waals surface area contributed by atoms with Crippen LogP contribution in [0.25, 0.3) is 0 Å². The molecule has 0 atom stereocenters. The largest absolute Gasteiger partial charge is 0.265 e. The van der Waals surface area contributed by atoms with Gasteiger partial charge in [-0.15, -0.1) is 0 Å². The predicted octanol–water partition coefficient (Wildman–Crippen LogP) is 1.57. The maximum atomic E-state index is 13.7. The molecule has 3 heteroatoms. The highest BCUT2D eigenvalue weighted by Gasteiger charge is 2.20. The fourth-order valence-corrected chi connectivity index (χ4v) is 1.72. The zero-order valence-corrected chi connectivity index (χ0v) is 8.03. The molecule has 1 aromatic carbocycles. The van der Waals surface area contributed by atoms with E-state index < -0.39 is 0 Å². The zero-order chi connectivity index (χ0) is 10.5. The van der Waals surface area contributed by atoms with Crippen molar-refractivity contribution < 1.29 is 5.76 Å². The number of rotatable bonds is 0. The summed E-state index contributed by atoms with van der Waals surface area (Å²) in [6.45, 7) is 5.38. The second-order valence-corrected chi connectivity index (χ2v) is 3.54. The molecule has 0 spiro atoms. The highest BCUT2D eigenvalue weighted by molar-refractivity contribution is 6.88. The predicted molar refractivity (Wildman–Crippen MR) is 55.4 cm³/mol. The lowest BCUT2D eigenvalue weighted by Crippen LogP contribution is -2.19. The Morgan fingerprint density at radius 3 is 2.77 bits per heavy atom. The summed E-state index contributed by atoms with van der Waals surface area (Å²) in [7, 11) is 0.685. The number of aliphatic imine (C=N–C) groups is 1. The van der Waals surface area contributed by atoms with Crippen LogP contribution in [0.4, 0.5) is 10.1 Å². The topological polar surface area (TPSA) is 12.4 Å². The minimum atomic E-state index is -0.326. The highest BCUT2D eigenvalue weighted by atomic mass is 19.1. The molecule has 1 aliphatic heterocycles. The van der Waals surface area contributed by atoms with E-state index in [0.717, 1.165) is 16.6 Å². The van der Waals surface area contributed by atoms with Crippen molar-refractivity contribution in [3.05, 3.63) is 23.0 Å². The molecule has 1 aliphatic rings. The second-order valence-electron chi connectivity index (χ2n) is 3.54. The third kappa shape index (κ3) is 1.19. The molecular weight excluding hydrogens is 164 g/mol. The molecule has 2 rings (SSSR count). The standard InChI is InChI=1S/C10H11BFN/c1-5-4-6(2)9(12)10-8(5)11-7(3)13-10/h4,11H,1-3H3/i4D. The van der Waals surface area contributed by atoms with E-state index in [0.29, 0.717) is 24.6 Å². The Balaban J connectivity index is 2.78. The first-order chi connectivity index (χ1) is 6.52. The Kier molecular flexibility index (Phi) is 1.51. The summed E-state index contributed by atoms with van der Waals surface area (Å²) < 4.78 is 21.4. The summed E-state index contributed by atoms with van der Waals surface area (Å²) in [5, 5.41) is 0. The van der Waals surface area contributed by atoms with Crippen molar-refractivity contribution in [2.24, 2.45) is 4.99 Å². The molecular formula is C10H11BFN. The van der Waals surface area contributed by atoms with Gasteiger partial charge in [0, 0.05) is 0 Å². The Morgan fingerprint density at radius 1 is 1.38 bits per heavy atom. The van der Waals surface area contributed by atoms with E-state index in [4.69, 9.17) is 1.37 Å². The summed E-state index contributed by atoms with van der Waals surface area (Å²) in [6.07, 6.45) is 0. The fraction of sp³-hybridized carbons (Fsp3) is 0.300. The van der Waals surface area contributed by atoms with Crippen LogP contribution in [0.2, 0.25) is 0 Å². The van der Waals surface area contributed by atoms with Crippen LogP contribution >= 0.6 is 0 Å². The van der Waals surface area contributed by atoms with Gasteiger partial charge in [0.15, 0.2) is 5.82 Å². The van der Waals surface area contributed by atoms with Crippen molar-refractivity contribution in [3.63, 3.8) is 0 Å². The lowest BCUT2D eigenvalue weighted by atomic mass is 9.66. The normalized spacial score (nSPS) is 14.8. The highest BCUT2D eigenvalue weighted by Crippen LogP contribution is 2.23. The van der Waals surface area contributed by atoms with Crippen LogP contribution in [0.15, 0.2) is 11.0 Å². The van der Waals surface area contributed by atoms with Gasteiger partial charge in [0.05, 0.1) is 7.06 Å². The first-order valence-corrected chi connectivity index (χ1v) is 4.34. The first kappa shape index (κ1) is 7.30. The molecule has 0 radical (unpaired) electrons. The molecule has 0 bridgehead atoms. The lowest BCUT2D eigenvalue weighted by Gasteiger charge is -2.05. The summed E-state index contributed by atoms with van der Waals surface area (Å²) in [5.41, 5.74) is 3.52. The van der Waals surface area contributed by atoms with Gasteiger partial charge >= 0.3 is 0 Å². The van der Waals surface area contributed by atoms with Crippen LogP contribution in [-0.4, -0.2) is 12.9 Å². The third-order valence-electron chi connectivity index (χ3n) is 2.39. The van der Waals surface area contributed by atoms with Crippen LogP contribution in [0.3, 0.4) is 0 Å². The van der Waals surface area contributed by atoms with Gasteiger partial charge in [-0.25, -0.2) is 4.39 Å². The average Bonchev–Trinajstić information content (AvgIpc) is 2.54. The van der Waals surface area contributed by atoms with E-state index in [1.54, 1.807) is 6.92 Å². The Bertz CT molecular complexity index is 454. The van der Waals surface area contributed by atoms with Crippen LogP contribution in [-0.2, 0) is 0 Å². The maximum Gasteiger partial charge on any atom is 0.213 e. The summed E-state index contributed by atoms with van der Waals surface area (Å²) in [4.78, 5) is 4.17. The van der Waals surface area contributed by atoms with Gasteiger partial charge in [0.25, 0.3) is 0 Å². The number of fused-ring (bicyclic) bond motifs is 1. The van der Waals surface area contributed by atoms with Crippen molar-refractivity contribution in [1.82, 2.24) is 0 Å². The number of hydrogen-bond donors (Lipinski definition) is 0. The molecule has 0 saturated heterocycles. The molecule has 0 fully saturated rings. The SMILES string of the molecule is [2H]c1c(C)c(F)c2c(c1C)BC(C)=N2. The van der Waals surface area contributed by atoms with E-state index in [-0.39, 0.29) is 5.82 Å². The molecule has 13 heavy (non-hydrogen) atoms. The molecule has 0 saturated carbocycles. The summed E-state index contributed by atoms with van der Waals surface area (Å²) >= 11 is 0. The van der Waals surface area contributed by atoms with Gasteiger partial charge < -0.3 is 0 Å². The molecule has 0 unspecified atom stereocenters. The van der Waals surface area contributed by atoms with E-state index in [2.05, 4.69) is 4.99 Å². The molecule has 0 amide bonds. The minimum Gasteiger partial charge on any atom is -0.265 e. The quantitative estimate of drug-likeness (QED) is 0.532. The second kappa shape index (κ2) is 2.69. The molecule has 1 heterocycles. The van der Waals surface area contributed by atoms with Crippen LogP contribution < -0.4 is 5.46 Å². The Morgan fingerprint density at radius 2 is 2.08 bits per heavy atom. The monoisotopic (exact) mass is 176 g/mol. The van der Waals surface area contributed by atoms with Gasteiger partial charge in [0.1, 0.15) is 0 Å². The minimum absolute atomic E-state index is 0.311. The van der Waals surface area contributed by atoms with Gasteiger partial charge in [-0.2, -0.15) is 0 Å². The van der Waals surface area contributed by atoms with Crippen molar-refractivity contribution in [3.8, 4) is 0 Å². The molecule has 0 aliphatic carbocycles. The van der Waals surface area contributed by atoms with Crippen molar-refractivity contribution >= 4 is 24.0 Å². The molecule has 0 N–H and O–H groups in total. The van der Waals surface area contributed by atoms with Crippen LogP contribution in [0.1, 0.15) is 19.4 Å². The van der Waals surface area contributed by atoms with Crippen LogP contribution in [0, 0.1) is 19.7 Å². The first-order valence-electron chi connectivity index (χ1n) is 4.84. The fourth-order valence-electron chi connectivity index (χ4n) is 1.72. The van der Waals surface area contributed by atoms with Gasteiger partial charge in [-0.1, -0.05) is 11.6 Å². The number of hydrogen-bond acceptors (Lipinski definition) is 1. The number of halogens is 1. The van der Waals surface area contributed by atoms with Gasteiger partial charge in [-0.05, 0) is 37.4 Å². The van der Waals surface area contributed by atoms with Crippen LogP contribution in [0.5, 0.6) is 0 Å². The molecule has 1 nitrogen and oxygen atoms in total. The smallest absolute Gasteiger partial charge is 0.213 e. The third-order valence-corrected chi connectivity index (χ3v) is 2.39. The van der Waals surface area contributed by atoms with Crippen molar-refractivity contribution in [1.29, 1.82) is 0 Å². The van der Waals surface area contributed by atoms with E-state index >= 15 is 0 Å². The number of benzene rings is 1. The molecule has 1 aromatic rings. The maximum absolute atomic E-state index is 13.7. The van der Waals surface area contributed by atoms with E-state index in [1.807, 2.05) is 13.8 Å². The van der Waals surface area contributed by atoms with Crippen molar-refractivity contribution in [2.45, 2.75) is 20.8 Å². The van der Waals surface area contributed by atoms with E-state index in [9.17, 15) is 4.39 Å². The Labute approximate surface area is 79.3 Å². The summed E-state index contributed by atoms with van der Waals surface area (Å²) in [6, 6.07) is 0.311. The Hall–Kier alpha value is -1.12. The molecule has 0 aromatic heterocycles. The zero-order valence-electron chi connectivity index (χ0n) is 9.03. The lowest BCUT2D eigenvalue weighted by molar-refractivity contribution is 0.621. The summed E-state index contributed by atoms with van der Waals surface area (Å²) in [5.74, 6) is -0.326. The molecule has 66 valence electrons. The number of nitrogens with zero attached hydrogens (tertiary/aromatic N) is 1. The van der Waals surface area contributed by atoms with Crippen molar-refractivity contribution in [2.75, 3.05) is 0 Å².